The summed E-state index contributed by atoms with van der Waals surface area (Å²) in [5, 5.41) is 11.1. The molecule has 0 bridgehead atoms. The van der Waals surface area contributed by atoms with Crippen LogP contribution in [0, 0.1) is 6.92 Å². The lowest BCUT2D eigenvalue weighted by atomic mass is 10.0. The van der Waals surface area contributed by atoms with Gasteiger partial charge in [0, 0.05) is 24.2 Å². The van der Waals surface area contributed by atoms with Crippen molar-refractivity contribution in [1.82, 2.24) is 20.3 Å². The second-order valence-corrected chi connectivity index (χ2v) is 6.69. The summed E-state index contributed by atoms with van der Waals surface area (Å²) >= 11 is 0. The lowest BCUT2D eigenvalue weighted by Gasteiger charge is -2.13. The lowest BCUT2D eigenvalue weighted by Crippen LogP contribution is -2.34. The molecule has 0 radical (unpaired) electrons. The zero-order valence-electron chi connectivity index (χ0n) is 15.6. The number of carbonyl (C=O) groups excluding carboxylic acids is 1. The van der Waals surface area contributed by atoms with Crippen LogP contribution in [0.1, 0.15) is 36.7 Å². The summed E-state index contributed by atoms with van der Waals surface area (Å²) in [7, 11) is 0. The highest BCUT2D eigenvalue weighted by Gasteiger charge is 2.18. The zero-order chi connectivity index (χ0) is 19.4. The summed E-state index contributed by atoms with van der Waals surface area (Å²) < 4.78 is 6.47. The minimum Gasteiger partial charge on any atom is -0.356 e. The molecule has 0 saturated carbocycles. The van der Waals surface area contributed by atoms with Crippen LogP contribution in [0.5, 0.6) is 0 Å². The molecule has 0 atom stereocenters. The Bertz CT molecular complexity index is 990. The first kappa shape index (κ1) is 18.6. The van der Waals surface area contributed by atoms with Crippen LogP contribution in [0.3, 0.4) is 0 Å². The van der Waals surface area contributed by atoms with Gasteiger partial charge < -0.3 is 9.84 Å². The van der Waals surface area contributed by atoms with E-state index in [4.69, 9.17) is 4.52 Å². The minimum absolute atomic E-state index is 0.0460. The summed E-state index contributed by atoms with van der Waals surface area (Å²) in [5.74, 6) is 0.275. The van der Waals surface area contributed by atoms with Gasteiger partial charge in [-0.15, -0.1) is 0 Å². The Morgan fingerprint density at radius 3 is 2.59 bits per heavy atom. The molecule has 0 aliphatic heterocycles. The minimum atomic E-state index is -0.363. The fourth-order valence-electron chi connectivity index (χ4n) is 2.72. The van der Waals surface area contributed by atoms with Crippen LogP contribution in [0.25, 0.3) is 11.3 Å². The van der Waals surface area contributed by atoms with Crippen molar-refractivity contribution < 1.29 is 9.32 Å². The molecule has 1 aromatic carbocycles. The van der Waals surface area contributed by atoms with Crippen LogP contribution in [0.2, 0.25) is 0 Å². The van der Waals surface area contributed by atoms with Crippen LogP contribution in [-0.4, -0.2) is 20.8 Å². The average molecular weight is 366 g/mol. The molecule has 140 valence electrons. The summed E-state index contributed by atoms with van der Waals surface area (Å²) in [5.41, 5.74) is 2.64. The highest BCUT2D eigenvalue weighted by Crippen LogP contribution is 2.26. The fourth-order valence-corrected chi connectivity index (χ4v) is 2.72. The second kappa shape index (κ2) is 7.99. The van der Waals surface area contributed by atoms with Crippen molar-refractivity contribution in [3.63, 3.8) is 0 Å². The van der Waals surface area contributed by atoms with Crippen LogP contribution in [0.15, 0.2) is 51.8 Å². The zero-order valence-corrected chi connectivity index (χ0v) is 15.6. The maximum absolute atomic E-state index is 12.5. The molecule has 0 saturated heterocycles. The maximum atomic E-state index is 12.5. The third kappa shape index (κ3) is 4.49. The Morgan fingerprint density at radius 2 is 1.96 bits per heavy atom. The van der Waals surface area contributed by atoms with Crippen LogP contribution >= 0.6 is 0 Å². The normalized spacial score (nSPS) is 11.0. The number of aryl methyl sites for hydroxylation is 1. The molecular formula is C20H22N4O3. The van der Waals surface area contributed by atoms with Crippen LogP contribution in [-0.2, 0) is 17.9 Å². The van der Waals surface area contributed by atoms with Gasteiger partial charge in [0.1, 0.15) is 6.54 Å². The molecule has 2 aromatic heterocycles. The molecule has 7 nitrogen and oxygen atoms in total. The van der Waals surface area contributed by atoms with E-state index < -0.39 is 0 Å². The molecule has 3 aromatic rings. The first-order chi connectivity index (χ1) is 12.9. The van der Waals surface area contributed by atoms with Crippen molar-refractivity contribution in [3.05, 3.63) is 69.8 Å². The molecule has 27 heavy (non-hydrogen) atoms. The van der Waals surface area contributed by atoms with E-state index >= 15 is 0 Å². The van der Waals surface area contributed by atoms with Gasteiger partial charge in [0.05, 0.1) is 11.4 Å². The summed E-state index contributed by atoms with van der Waals surface area (Å²) in [6.45, 7) is 6.02. The van der Waals surface area contributed by atoms with E-state index in [1.54, 1.807) is 6.07 Å². The highest BCUT2D eigenvalue weighted by atomic mass is 16.5. The SMILES string of the molecule is Cc1cc(-c2cc(=O)n(CC(=O)NCc3ccccc3)nc2C(C)C)on1. The Balaban J connectivity index is 1.80. The van der Waals surface area contributed by atoms with E-state index in [0.717, 1.165) is 11.3 Å². The van der Waals surface area contributed by atoms with E-state index in [0.29, 0.717) is 23.6 Å². The lowest BCUT2D eigenvalue weighted by molar-refractivity contribution is -0.122. The van der Waals surface area contributed by atoms with E-state index in [-0.39, 0.29) is 23.9 Å². The van der Waals surface area contributed by atoms with E-state index in [9.17, 15) is 9.59 Å². The maximum Gasteiger partial charge on any atom is 0.267 e. The molecule has 3 rings (SSSR count). The van der Waals surface area contributed by atoms with Crippen LogP contribution < -0.4 is 10.9 Å². The van der Waals surface area contributed by atoms with Gasteiger partial charge in [0.2, 0.25) is 5.91 Å². The number of hydrogen-bond acceptors (Lipinski definition) is 5. The van der Waals surface area contributed by atoms with Crippen molar-refractivity contribution >= 4 is 5.91 Å². The number of amides is 1. The second-order valence-electron chi connectivity index (χ2n) is 6.69. The Kier molecular flexibility index (Phi) is 5.49. The molecule has 0 spiro atoms. The highest BCUT2D eigenvalue weighted by molar-refractivity contribution is 5.75. The van der Waals surface area contributed by atoms with Gasteiger partial charge in [-0.2, -0.15) is 5.10 Å². The van der Waals surface area contributed by atoms with Gasteiger partial charge in [-0.3, -0.25) is 9.59 Å². The monoisotopic (exact) mass is 366 g/mol. The first-order valence-electron chi connectivity index (χ1n) is 8.80. The molecule has 7 heteroatoms. The molecule has 1 N–H and O–H groups in total. The molecule has 0 unspecified atom stereocenters. The number of aromatic nitrogens is 3. The number of hydrogen-bond donors (Lipinski definition) is 1. The third-order valence-corrected chi connectivity index (χ3v) is 4.09. The predicted molar refractivity (Wildman–Crippen MR) is 101 cm³/mol. The molecular weight excluding hydrogens is 344 g/mol. The summed E-state index contributed by atoms with van der Waals surface area (Å²) in [4.78, 5) is 24.7. The van der Waals surface area contributed by atoms with Gasteiger partial charge in [-0.05, 0) is 18.4 Å². The van der Waals surface area contributed by atoms with E-state index in [1.807, 2.05) is 51.1 Å². The Hall–Kier alpha value is -3.22. The third-order valence-electron chi connectivity index (χ3n) is 4.09. The van der Waals surface area contributed by atoms with E-state index in [2.05, 4.69) is 15.6 Å². The summed E-state index contributed by atoms with van der Waals surface area (Å²) in [6.07, 6.45) is 0. The fraction of sp³-hybridized carbons (Fsp3) is 0.300. The molecule has 2 heterocycles. The number of nitrogens with one attached hydrogen (secondary N) is 1. The van der Waals surface area contributed by atoms with Crippen molar-refractivity contribution in [2.45, 2.75) is 39.8 Å². The quantitative estimate of drug-likeness (QED) is 0.724. The topological polar surface area (TPSA) is 90.0 Å². The van der Waals surface area contributed by atoms with Gasteiger partial charge in [-0.25, -0.2) is 4.68 Å². The van der Waals surface area contributed by atoms with Gasteiger partial charge in [-0.1, -0.05) is 49.3 Å². The molecule has 0 fully saturated rings. The average Bonchev–Trinajstić information content (AvgIpc) is 3.08. The van der Waals surface area contributed by atoms with Gasteiger partial charge in [0.25, 0.3) is 5.56 Å². The molecule has 0 aliphatic rings. The number of nitrogens with zero attached hydrogens (tertiary/aromatic N) is 3. The standard InChI is InChI=1S/C20H22N4O3/c1-13(2)20-16(17-9-14(3)23-27-17)10-19(26)24(22-20)12-18(25)21-11-15-7-5-4-6-8-15/h4-10,13H,11-12H2,1-3H3,(H,21,25). The van der Waals surface area contributed by atoms with Crippen molar-refractivity contribution in [2.75, 3.05) is 0 Å². The largest absolute Gasteiger partial charge is 0.356 e. The van der Waals surface area contributed by atoms with E-state index in [1.165, 1.54) is 10.7 Å². The van der Waals surface area contributed by atoms with Crippen LogP contribution in [0.4, 0.5) is 0 Å². The Morgan fingerprint density at radius 1 is 1.22 bits per heavy atom. The number of benzene rings is 1. The Labute approximate surface area is 157 Å². The van der Waals surface area contributed by atoms with Crippen molar-refractivity contribution in [2.24, 2.45) is 0 Å². The molecule has 1 amide bonds. The summed E-state index contributed by atoms with van der Waals surface area (Å²) in [6, 6.07) is 12.8. The number of carbonyl (C=O) groups is 1. The van der Waals surface area contributed by atoms with Gasteiger partial charge >= 0.3 is 0 Å². The number of rotatable bonds is 6. The van der Waals surface area contributed by atoms with Crippen molar-refractivity contribution in [1.29, 1.82) is 0 Å². The first-order valence-corrected chi connectivity index (χ1v) is 8.80. The van der Waals surface area contributed by atoms with Crippen molar-refractivity contribution in [3.8, 4) is 11.3 Å². The molecule has 0 aliphatic carbocycles. The predicted octanol–water partition coefficient (Wildman–Crippen LogP) is 2.65. The van der Waals surface area contributed by atoms with Gasteiger partial charge in [0.15, 0.2) is 5.76 Å². The smallest absolute Gasteiger partial charge is 0.267 e.